The van der Waals surface area contributed by atoms with Gasteiger partial charge in [0.2, 0.25) is 0 Å². The summed E-state index contributed by atoms with van der Waals surface area (Å²) in [4.78, 5) is 6.20. The SMILES string of the molecule is OCCOC1CCCN(c2ccnc3cc(C(F)(F)F)ccc23)C1. The van der Waals surface area contributed by atoms with Crippen molar-refractivity contribution in [3.05, 3.63) is 36.0 Å². The summed E-state index contributed by atoms with van der Waals surface area (Å²) in [6.45, 7) is 1.75. The van der Waals surface area contributed by atoms with Crippen molar-refractivity contribution < 1.29 is 23.0 Å². The highest BCUT2D eigenvalue weighted by molar-refractivity contribution is 5.92. The molecule has 24 heavy (non-hydrogen) atoms. The predicted molar refractivity (Wildman–Crippen MR) is 85.0 cm³/mol. The van der Waals surface area contributed by atoms with Crippen LogP contribution in [0.25, 0.3) is 10.9 Å². The third-order valence-corrected chi connectivity index (χ3v) is 4.21. The molecule has 7 heteroatoms. The van der Waals surface area contributed by atoms with Crippen LogP contribution in [0.1, 0.15) is 18.4 Å². The molecule has 0 radical (unpaired) electrons. The number of piperidine rings is 1. The Labute approximate surface area is 137 Å². The number of ether oxygens (including phenoxy) is 1. The van der Waals surface area contributed by atoms with Crippen molar-refractivity contribution in [2.75, 3.05) is 31.2 Å². The highest BCUT2D eigenvalue weighted by atomic mass is 19.4. The Hall–Kier alpha value is -1.86. The minimum atomic E-state index is -4.37. The summed E-state index contributed by atoms with van der Waals surface area (Å²) in [7, 11) is 0. The zero-order chi connectivity index (χ0) is 17.2. The molecule has 2 aromatic rings. The van der Waals surface area contributed by atoms with Gasteiger partial charge >= 0.3 is 6.18 Å². The number of aliphatic hydroxyl groups is 1. The first kappa shape index (κ1) is 17.0. The molecule has 0 amide bonds. The molecule has 0 bridgehead atoms. The number of fused-ring (bicyclic) bond motifs is 1. The van der Waals surface area contributed by atoms with Gasteiger partial charge in [-0.15, -0.1) is 0 Å². The molecule has 0 saturated carbocycles. The Bertz CT molecular complexity index is 706. The van der Waals surface area contributed by atoms with Crippen LogP contribution in [0, 0.1) is 0 Å². The monoisotopic (exact) mass is 340 g/mol. The van der Waals surface area contributed by atoms with Crippen molar-refractivity contribution in [2.24, 2.45) is 0 Å². The molecule has 3 rings (SSSR count). The molecule has 1 aliphatic rings. The van der Waals surface area contributed by atoms with Gasteiger partial charge in [-0.25, -0.2) is 0 Å². The van der Waals surface area contributed by atoms with Crippen LogP contribution in [-0.2, 0) is 10.9 Å². The Morgan fingerprint density at radius 3 is 2.88 bits per heavy atom. The summed E-state index contributed by atoms with van der Waals surface area (Å²) in [5.41, 5.74) is 0.509. The van der Waals surface area contributed by atoms with Crippen LogP contribution in [0.5, 0.6) is 0 Å². The van der Waals surface area contributed by atoms with Crippen LogP contribution in [0.4, 0.5) is 18.9 Å². The Morgan fingerprint density at radius 2 is 2.12 bits per heavy atom. The van der Waals surface area contributed by atoms with Gasteiger partial charge in [0.05, 0.1) is 30.4 Å². The maximum atomic E-state index is 12.9. The van der Waals surface area contributed by atoms with E-state index in [-0.39, 0.29) is 12.7 Å². The number of nitrogens with zero attached hydrogens (tertiary/aromatic N) is 2. The number of hydrogen-bond acceptors (Lipinski definition) is 4. The molecule has 1 unspecified atom stereocenters. The van der Waals surface area contributed by atoms with E-state index in [9.17, 15) is 13.2 Å². The van der Waals surface area contributed by atoms with Crippen LogP contribution in [-0.4, -0.2) is 42.5 Å². The number of rotatable bonds is 4. The molecule has 0 spiro atoms. The lowest BCUT2D eigenvalue weighted by Crippen LogP contribution is -2.40. The predicted octanol–water partition coefficient (Wildman–Crippen LogP) is 3.23. The van der Waals surface area contributed by atoms with Crippen molar-refractivity contribution in [3.8, 4) is 0 Å². The molecular formula is C17H19F3N2O2. The summed E-state index contributed by atoms with van der Waals surface area (Å²) < 4.78 is 44.2. The van der Waals surface area contributed by atoms with Crippen molar-refractivity contribution in [1.82, 2.24) is 4.98 Å². The second kappa shape index (κ2) is 6.94. The van der Waals surface area contributed by atoms with Gasteiger partial charge < -0.3 is 14.7 Å². The standard InChI is InChI=1S/C17H19F3N2O2/c18-17(19,20)12-3-4-14-15(10-12)21-6-5-16(14)22-7-1-2-13(11-22)24-9-8-23/h3-6,10,13,23H,1-2,7-9,11H2. The number of pyridine rings is 1. The first-order chi connectivity index (χ1) is 11.5. The summed E-state index contributed by atoms with van der Waals surface area (Å²) in [5, 5.41) is 9.58. The molecule has 1 atom stereocenters. The van der Waals surface area contributed by atoms with Crippen LogP contribution >= 0.6 is 0 Å². The van der Waals surface area contributed by atoms with E-state index >= 15 is 0 Å². The van der Waals surface area contributed by atoms with Gasteiger partial charge in [0.25, 0.3) is 0 Å². The molecule has 1 aromatic heterocycles. The average Bonchev–Trinajstić information content (AvgIpc) is 2.58. The quantitative estimate of drug-likeness (QED) is 0.928. The average molecular weight is 340 g/mol. The van der Waals surface area contributed by atoms with Crippen LogP contribution in [0.2, 0.25) is 0 Å². The summed E-state index contributed by atoms with van der Waals surface area (Å²) >= 11 is 0. The number of alkyl halides is 3. The van der Waals surface area contributed by atoms with Gasteiger partial charge in [-0.05, 0) is 31.0 Å². The maximum Gasteiger partial charge on any atom is 0.416 e. The minimum Gasteiger partial charge on any atom is -0.394 e. The second-order valence-corrected chi connectivity index (χ2v) is 5.86. The normalized spacial score (nSPS) is 19.0. The van der Waals surface area contributed by atoms with Crippen LogP contribution in [0.15, 0.2) is 30.5 Å². The number of halogens is 3. The lowest BCUT2D eigenvalue weighted by molar-refractivity contribution is -0.137. The number of hydrogen-bond donors (Lipinski definition) is 1. The Kier molecular flexibility index (Phi) is 4.91. The fraction of sp³-hybridized carbons (Fsp3) is 0.471. The summed E-state index contributed by atoms with van der Waals surface area (Å²) in [6, 6.07) is 5.49. The molecule has 1 saturated heterocycles. The highest BCUT2D eigenvalue weighted by Crippen LogP contribution is 2.34. The van der Waals surface area contributed by atoms with Gasteiger partial charge in [-0.2, -0.15) is 13.2 Å². The van der Waals surface area contributed by atoms with Gasteiger partial charge in [-0.3, -0.25) is 4.98 Å². The lowest BCUT2D eigenvalue weighted by atomic mass is 10.0. The van der Waals surface area contributed by atoms with E-state index in [1.54, 1.807) is 0 Å². The highest BCUT2D eigenvalue weighted by Gasteiger charge is 2.31. The fourth-order valence-electron chi connectivity index (χ4n) is 3.10. The minimum absolute atomic E-state index is 0.0172. The zero-order valence-corrected chi connectivity index (χ0v) is 13.1. The van der Waals surface area contributed by atoms with Crippen molar-refractivity contribution >= 4 is 16.6 Å². The molecule has 1 aliphatic heterocycles. The maximum absolute atomic E-state index is 12.9. The first-order valence-electron chi connectivity index (χ1n) is 7.92. The van der Waals surface area contributed by atoms with Crippen LogP contribution in [0.3, 0.4) is 0 Å². The van der Waals surface area contributed by atoms with E-state index in [2.05, 4.69) is 9.88 Å². The molecule has 0 aliphatic carbocycles. The molecule has 1 aromatic carbocycles. The third kappa shape index (κ3) is 3.62. The van der Waals surface area contributed by atoms with Crippen molar-refractivity contribution in [3.63, 3.8) is 0 Å². The fourth-order valence-corrected chi connectivity index (χ4v) is 3.10. The van der Waals surface area contributed by atoms with E-state index in [0.29, 0.717) is 24.1 Å². The lowest BCUT2D eigenvalue weighted by Gasteiger charge is -2.34. The Morgan fingerprint density at radius 1 is 1.29 bits per heavy atom. The van der Waals surface area contributed by atoms with E-state index < -0.39 is 11.7 Å². The van der Waals surface area contributed by atoms with Gasteiger partial charge in [0.15, 0.2) is 0 Å². The summed E-state index contributed by atoms with van der Waals surface area (Å²) in [5.74, 6) is 0. The number of benzene rings is 1. The smallest absolute Gasteiger partial charge is 0.394 e. The van der Waals surface area contributed by atoms with Gasteiger partial charge in [0.1, 0.15) is 0 Å². The molecule has 1 N–H and O–H groups in total. The molecule has 130 valence electrons. The number of anilines is 1. The van der Waals surface area contributed by atoms with Gasteiger partial charge in [0, 0.05) is 30.4 Å². The Balaban J connectivity index is 1.89. The first-order valence-corrected chi connectivity index (χ1v) is 7.92. The van der Waals surface area contributed by atoms with E-state index in [4.69, 9.17) is 9.84 Å². The number of aliphatic hydroxyl groups excluding tert-OH is 1. The second-order valence-electron chi connectivity index (χ2n) is 5.86. The van der Waals surface area contributed by atoms with Crippen molar-refractivity contribution in [1.29, 1.82) is 0 Å². The van der Waals surface area contributed by atoms with Crippen LogP contribution < -0.4 is 4.90 Å². The van der Waals surface area contributed by atoms with E-state index in [0.717, 1.165) is 37.2 Å². The third-order valence-electron chi connectivity index (χ3n) is 4.21. The molecular weight excluding hydrogens is 321 g/mol. The van der Waals surface area contributed by atoms with Crippen molar-refractivity contribution in [2.45, 2.75) is 25.1 Å². The summed E-state index contributed by atoms with van der Waals surface area (Å²) in [6.07, 6.45) is -0.974. The topological polar surface area (TPSA) is 45.6 Å². The van der Waals surface area contributed by atoms with Gasteiger partial charge in [-0.1, -0.05) is 6.07 Å². The molecule has 2 heterocycles. The molecule has 4 nitrogen and oxygen atoms in total. The largest absolute Gasteiger partial charge is 0.416 e. The van der Waals surface area contributed by atoms with E-state index in [1.165, 1.54) is 12.3 Å². The van der Waals surface area contributed by atoms with E-state index in [1.807, 2.05) is 6.07 Å². The number of aromatic nitrogens is 1. The molecule has 1 fully saturated rings. The zero-order valence-electron chi connectivity index (χ0n) is 13.1.